The van der Waals surface area contributed by atoms with Crippen LogP contribution in [-0.4, -0.2) is 40.5 Å². The number of aliphatic hydroxyl groups excluding tert-OH is 1. The first-order valence-electron chi connectivity index (χ1n) is 10.5. The van der Waals surface area contributed by atoms with Crippen molar-refractivity contribution in [1.82, 2.24) is 0 Å². The summed E-state index contributed by atoms with van der Waals surface area (Å²) in [5.41, 5.74) is 0.806. The minimum atomic E-state index is -1.15. The second-order valence-corrected chi connectivity index (χ2v) is 8.05. The Bertz CT molecular complexity index is 1190. The van der Waals surface area contributed by atoms with Gasteiger partial charge in [0.15, 0.2) is 17.3 Å². The molecule has 178 valence electrons. The van der Waals surface area contributed by atoms with Gasteiger partial charge in [-0.25, -0.2) is 0 Å². The first-order chi connectivity index (χ1) is 15.9. The maximum Gasteiger partial charge on any atom is 0.308 e. The van der Waals surface area contributed by atoms with Crippen molar-refractivity contribution in [2.75, 3.05) is 0 Å². The molecule has 1 aliphatic heterocycles. The molecule has 34 heavy (non-hydrogen) atoms. The molecule has 0 saturated carbocycles. The molecule has 1 N–H and O–H groups in total. The van der Waals surface area contributed by atoms with Crippen LogP contribution >= 0.6 is 0 Å². The van der Waals surface area contributed by atoms with Crippen molar-refractivity contribution in [3.05, 3.63) is 52.1 Å². The van der Waals surface area contributed by atoms with E-state index in [2.05, 4.69) is 0 Å². The summed E-state index contributed by atoms with van der Waals surface area (Å²) in [5, 5.41) is 10.9. The molecule has 3 rings (SSSR count). The lowest BCUT2D eigenvalue weighted by molar-refractivity contribution is -0.132. The molecule has 0 aliphatic carbocycles. The standard InChI is InChI=1S/C25H24O9/c1-11(26)18-6-16(7-19(12(2)27)24(18)13(3)28)25-21(31)10-20-22(33-15(5)30)8-17(32-14(4)29)9-23(20)34-25/h6-9,21,25,31H,10H2,1-5H3. The Balaban J connectivity index is 2.16. The Morgan fingerprint density at radius 2 is 1.38 bits per heavy atom. The minimum absolute atomic E-state index is 0.00222. The molecular weight excluding hydrogens is 444 g/mol. The van der Waals surface area contributed by atoms with Crippen LogP contribution in [0.25, 0.3) is 0 Å². The van der Waals surface area contributed by atoms with E-state index in [-0.39, 0.29) is 40.4 Å². The van der Waals surface area contributed by atoms with Crippen LogP contribution in [-0.2, 0) is 16.0 Å². The summed E-state index contributed by atoms with van der Waals surface area (Å²) in [6, 6.07) is 5.62. The van der Waals surface area contributed by atoms with Gasteiger partial charge in [-0.2, -0.15) is 0 Å². The molecule has 9 heteroatoms. The summed E-state index contributed by atoms with van der Waals surface area (Å²) in [5.74, 6) is -2.17. The highest BCUT2D eigenvalue weighted by atomic mass is 16.6. The summed E-state index contributed by atoms with van der Waals surface area (Å²) < 4.78 is 16.3. The maximum absolute atomic E-state index is 12.3. The molecule has 0 bridgehead atoms. The normalized spacial score (nSPS) is 16.6. The molecule has 0 fully saturated rings. The molecule has 0 spiro atoms. The molecule has 2 aromatic carbocycles. The Kier molecular flexibility index (Phi) is 6.97. The van der Waals surface area contributed by atoms with Gasteiger partial charge < -0.3 is 19.3 Å². The molecule has 0 aromatic heterocycles. The molecule has 0 radical (unpaired) electrons. The van der Waals surface area contributed by atoms with Gasteiger partial charge in [-0.05, 0) is 38.5 Å². The molecular formula is C25H24O9. The molecule has 1 aliphatic rings. The smallest absolute Gasteiger partial charge is 0.308 e. The minimum Gasteiger partial charge on any atom is -0.482 e. The molecule has 9 nitrogen and oxygen atoms in total. The Labute approximate surface area is 195 Å². The van der Waals surface area contributed by atoms with Crippen molar-refractivity contribution in [2.24, 2.45) is 0 Å². The van der Waals surface area contributed by atoms with Gasteiger partial charge in [0, 0.05) is 54.7 Å². The highest BCUT2D eigenvalue weighted by molar-refractivity contribution is 6.14. The highest BCUT2D eigenvalue weighted by Crippen LogP contribution is 2.43. The molecule has 0 amide bonds. The van der Waals surface area contributed by atoms with E-state index in [4.69, 9.17) is 14.2 Å². The van der Waals surface area contributed by atoms with Gasteiger partial charge in [-0.15, -0.1) is 0 Å². The first-order valence-corrected chi connectivity index (χ1v) is 10.5. The predicted molar refractivity (Wildman–Crippen MR) is 119 cm³/mol. The third-order valence-corrected chi connectivity index (χ3v) is 5.27. The zero-order valence-electron chi connectivity index (χ0n) is 19.4. The summed E-state index contributed by atoms with van der Waals surface area (Å²) in [7, 11) is 0. The maximum atomic E-state index is 12.3. The van der Waals surface area contributed by atoms with E-state index >= 15 is 0 Å². The SMILES string of the molecule is CC(=O)Oc1cc(OC(C)=O)c2c(c1)OC(c1cc(C(C)=O)c(C(C)=O)c(C(C)=O)c1)C(O)C2. The van der Waals surface area contributed by atoms with E-state index in [9.17, 15) is 29.1 Å². The van der Waals surface area contributed by atoms with E-state index in [0.29, 0.717) is 11.1 Å². The lowest BCUT2D eigenvalue weighted by atomic mass is 9.87. The number of ether oxygens (including phenoxy) is 3. The number of benzene rings is 2. The van der Waals surface area contributed by atoms with E-state index in [1.54, 1.807) is 0 Å². The predicted octanol–water partition coefficient (Wildman–Crippen LogP) is 3.18. The molecule has 2 atom stereocenters. The zero-order chi connectivity index (χ0) is 25.3. The van der Waals surface area contributed by atoms with E-state index in [1.807, 2.05) is 0 Å². The molecule has 1 heterocycles. The average molecular weight is 468 g/mol. The van der Waals surface area contributed by atoms with Gasteiger partial charge >= 0.3 is 11.9 Å². The van der Waals surface area contributed by atoms with Crippen LogP contribution in [0.15, 0.2) is 24.3 Å². The first kappa shape index (κ1) is 24.8. The number of rotatable bonds is 6. The third kappa shape index (κ3) is 5.04. The van der Waals surface area contributed by atoms with Crippen LogP contribution in [0.5, 0.6) is 17.2 Å². The van der Waals surface area contributed by atoms with E-state index < -0.39 is 41.5 Å². The summed E-state index contributed by atoms with van der Waals surface area (Å²) in [6.45, 7) is 6.24. The third-order valence-electron chi connectivity index (χ3n) is 5.27. The van der Waals surface area contributed by atoms with Gasteiger partial charge in [0.25, 0.3) is 0 Å². The van der Waals surface area contributed by atoms with Crippen molar-refractivity contribution in [1.29, 1.82) is 0 Å². The molecule has 2 unspecified atom stereocenters. The average Bonchev–Trinajstić information content (AvgIpc) is 2.71. The number of ketones is 3. The van der Waals surface area contributed by atoms with Crippen molar-refractivity contribution in [3.63, 3.8) is 0 Å². The largest absolute Gasteiger partial charge is 0.482 e. The Morgan fingerprint density at radius 1 is 0.824 bits per heavy atom. The van der Waals surface area contributed by atoms with Gasteiger partial charge in [0.05, 0.1) is 6.10 Å². The monoisotopic (exact) mass is 468 g/mol. The van der Waals surface area contributed by atoms with Gasteiger partial charge in [-0.3, -0.25) is 24.0 Å². The summed E-state index contributed by atoms with van der Waals surface area (Å²) >= 11 is 0. The van der Waals surface area contributed by atoms with E-state index in [0.717, 1.165) is 0 Å². The number of esters is 2. The van der Waals surface area contributed by atoms with Gasteiger partial charge in [-0.1, -0.05) is 0 Å². The van der Waals surface area contributed by atoms with Crippen molar-refractivity contribution >= 4 is 29.3 Å². The summed E-state index contributed by atoms with van der Waals surface area (Å²) in [4.78, 5) is 59.8. The summed E-state index contributed by atoms with van der Waals surface area (Å²) in [6.07, 6.45) is -2.17. The fraction of sp³-hybridized carbons (Fsp3) is 0.320. The van der Waals surface area contributed by atoms with Crippen molar-refractivity contribution in [2.45, 2.75) is 53.2 Å². The van der Waals surface area contributed by atoms with Crippen molar-refractivity contribution in [3.8, 4) is 17.2 Å². The van der Waals surface area contributed by atoms with Crippen LogP contribution in [0.4, 0.5) is 0 Å². The Morgan fingerprint density at radius 3 is 1.85 bits per heavy atom. The van der Waals surface area contributed by atoms with Gasteiger partial charge in [0.2, 0.25) is 0 Å². The van der Waals surface area contributed by atoms with Crippen LogP contribution in [0.2, 0.25) is 0 Å². The number of Topliss-reactive ketones (excluding diaryl/α,β-unsaturated/α-hetero) is 3. The number of fused-ring (bicyclic) bond motifs is 1. The van der Waals surface area contributed by atoms with E-state index in [1.165, 1.54) is 58.9 Å². The molecule has 0 saturated heterocycles. The quantitative estimate of drug-likeness (QED) is 0.385. The van der Waals surface area contributed by atoms with Gasteiger partial charge in [0.1, 0.15) is 23.4 Å². The number of hydrogen-bond donors (Lipinski definition) is 1. The number of carbonyl (C=O) groups excluding carboxylic acids is 5. The number of aliphatic hydroxyl groups is 1. The van der Waals surface area contributed by atoms with Crippen LogP contribution in [0.3, 0.4) is 0 Å². The Hall–Kier alpha value is -3.85. The lowest BCUT2D eigenvalue weighted by Crippen LogP contribution is -2.31. The van der Waals surface area contributed by atoms with Crippen LogP contribution in [0, 0.1) is 0 Å². The second-order valence-electron chi connectivity index (χ2n) is 8.05. The lowest BCUT2D eigenvalue weighted by Gasteiger charge is -2.32. The number of carbonyl (C=O) groups is 5. The fourth-order valence-electron chi connectivity index (χ4n) is 3.96. The van der Waals surface area contributed by atoms with Crippen LogP contribution < -0.4 is 14.2 Å². The second kappa shape index (κ2) is 9.56. The highest BCUT2D eigenvalue weighted by Gasteiger charge is 2.34. The topological polar surface area (TPSA) is 133 Å². The number of hydrogen-bond acceptors (Lipinski definition) is 9. The fourth-order valence-corrected chi connectivity index (χ4v) is 3.96. The zero-order valence-corrected chi connectivity index (χ0v) is 19.4. The van der Waals surface area contributed by atoms with Crippen LogP contribution in [0.1, 0.15) is 82.9 Å². The molecule has 2 aromatic rings. The van der Waals surface area contributed by atoms with Crippen molar-refractivity contribution < 1.29 is 43.3 Å².